The lowest BCUT2D eigenvalue weighted by atomic mass is 9.88. The van der Waals surface area contributed by atoms with Gasteiger partial charge in [0.25, 0.3) is 5.91 Å². The maximum atomic E-state index is 13.4. The predicted molar refractivity (Wildman–Crippen MR) is 130 cm³/mol. The number of rotatable bonds is 7. The number of hydrogen-bond acceptors (Lipinski definition) is 3. The summed E-state index contributed by atoms with van der Waals surface area (Å²) in [6, 6.07) is 17.8. The van der Waals surface area contributed by atoms with Gasteiger partial charge in [-0.05, 0) is 66.9 Å². The van der Waals surface area contributed by atoms with Crippen LogP contribution in [0, 0.1) is 5.82 Å². The van der Waals surface area contributed by atoms with Crippen LogP contribution < -0.4 is 4.90 Å². The smallest absolute Gasteiger partial charge is 0.264 e. The third-order valence-electron chi connectivity index (χ3n) is 6.38. The Kier molecular flexibility index (Phi) is 5.71. The zero-order valence-corrected chi connectivity index (χ0v) is 19.0. The van der Waals surface area contributed by atoms with Crippen LogP contribution in [0.25, 0.3) is 10.9 Å². The van der Waals surface area contributed by atoms with E-state index in [1.54, 1.807) is 29.2 Å². The van der Waals surface area contributed by atoms with Crippen LogP contribution in [0.4, 0.5) is 10.1 Å². The van der Waals surface area contributed by atoms with E-state index in [0.717, 1.165) is 16.5 Å². The van der Waals surface area contributed by atoms with Gasteiger partial charge < -0.3 is 15.0 Å². The van der Waals surface area contributed by atoms with Crippen molar-refractivity contribution >= 4 is 39.9 Å². The van der Waals surface area contributed by atoms with Gasteiger partial charge in [-0.3, -0.25) is 9.59 Å². The molecule has 2 N–H and O–H groups in total. The van der Waals surface area contributed by atoms with Gasteiger partial charge in [0.2, 0.25) is 0 Å². The van der Waals surface area contributed by atoms with E-state index in [1.807, 2.05) is 24.4 Å². The third kappa shape index (κ3) is 3.89. The number of benzene rings is 3. The summed E-state index contributed by atoms with van der Waals surface area (Å²) in [7, 11) is 0. The highest BCUT2D eigenvalue weighted by Crippen LogP contribution is 2.43. The fraction of sp³-hybridized carbons (Fsp3) is 0.185. The number of hydrogen-bond donors (Lipinski definition) is 2. The number of aryl methyl sites for hydroxylation is 1. The number of Topliss-reactive ketones (excluding diaryl/α,β-unsaturated/α-hetero) is 1. The van der Waals surface area contributed by atoms with Crippen molar-refractivity contribution in [2.45, 2.75) is 24.9 Å². The lowest BCUT2D eigenvalue weighted by Crippen LogP contribution is -2.42. The van der Waals surface area contributed by atoms with Crippen LogP contribution in [0.1, 0.15) is 34.3 Å². The number of amides is 1. The summed E-state index contributed by atoms with van der Waals surface area (Å²) in [5.74, 6) is -1.41. The van der Waals surface area contributed by atoms with E-state index in [-0.39, 0.29) is 5.56 Å². The van der Waals surface area contributed by atoms with Crippen LogP contribution in [-0.4, -0.2) is 28.3 Å². The maximum absolute atomic E-state index is 13.4. The lowest BCUT2D eigenvalue weighted by molar-refractivity contribution is -0.135. The molecule has 0 spiro atoms. The highest BCUT2D eigenvalue weighted by Gasteiger charge is 2.50. The third-order valence-corrected chi connectivity index (χ3v) is 6.61. The summed E-state index contributed by atoms with van der Waals surface area (Å²) in [6.45, 7) is 0.385. The number of carbonyl (C=O) groups excluding carboxylic acids is 2. The number of H-pyrrole nitrogens is 1. The molecule has 0 saturated heterocycles. The van der Waals surface area contributed by atoms with Crippen LogP contribution >= 0.6 is 11.6 Å². The fourth-order valence-electron chi connectivity index (χ4n) is 4.65. The Balaban J connectivity index is 1.35. The molecular formula is C27H22ClFN2O3. The van der Waals surface area contributed by atoms with Gasteiger partial charge in [0.1, 0.15) is 5.82 Å². The largest absolute Gasteiger partial charge is 0.375 e. The number of aliphatic hydroxyl groups is 1. The number of para-hydroxylation sites is 1. The second kappa shape index (κ2) is 8.70. The molecular weight excluding hydrogens is 455 g/mol. The van der Waals surface area contributed by atoms with Crippen molar-refractivity contribution in [2.75, 3.05) is 11.4 Å². The normalized spacial score (nSPS) is 17.4. The van der Waals surface area contributed by atoms with E-state index in [2.05, 4.69) is 4.98 Å². The number of aromatic amines is 1. The second-order valence-corrected chi connectivity index (χ2v) is 8.98. The van der Waals surface area contributed by atoms with Gasteiger partial charge in [-0.1, -0.05) is 29.8 Å². The van der Waals surface area contributed by atoms with Crippen molar-refractivity contribution in [1.82, 2.24) is 4.98 Å². The zero-order valence-electron chi connectivity index (χ0n) is 18.2. The van der Waals surface area contributed by atoms with Crippen molar-refractivity contribution < 1.29 is 19.1 Å². The minimum absolute atomic E-state index is 0.247. The molecule has 0 fully saturated rings. The lowest BCUT2D eigenvalue weighted by Gasteiger charge is -2.23. The summed E-state index contributed by atoms with van der Waals surface area (Å²) in [5.41, 5.74) is 1.39. The molecule has 4 aromatic rings. The Morgan fingerprint density at radius 2 is 1.85 bits per heavy atom. The summed E-state index contributed by atoms with van der Waals surface area (Å²) in [5, 5.41) is 13.1. The quantitative estimate of drug-likeness (QED) is 0.351. The molecule has 1 unspecified atom stereocenters. The Labute approximate surface area is 200 Å². The fourth-order valence-corrected chi connectivity index (χ4v) is 4.83. The molecule has 34 heavy (non-hydrogen) atoms. The van der Waals surface area contributed by atoms with E-state index in [1.165, 1.54) is 24.3 Å². The van der Waals surface area contributed by atoms with E-state index >= 15 is 0 Å². The number of carbonyl (C=O) groups is 2. The topological polar surface area (TPSA) is 73.4 Å². The molecule has 0 radical (unpaired) electrons. The highest BCUT2D eigenvalue weighted by atomic mass is 35.5. The first kappa shape index (κ1) is 22.3. The van der Waals surface area contributed by atoms with Gasteiger partial charge in [-0.15, -0.1) is 0 Å². The average Bonchev–Trinajstić information content (AvgIpc) is 3.32. The van der Waals surface area contributed by atoms with Crippen molar-refractivity contribution in [3.8, 4) is 0 Å². The van der Waals surface area contributed by atoms with Crippen LogP contribution in [0.3, 0.4) is 0 Å². The first-order valence-corrected chi connectivity index (χ1v) is 11.4. The first-order valence-electron chi connectivity index (χ1n) is 11.0. The Hall–Kier alpha value is -3.48. The Morgan fingerprint density at radius 3 is 2.65 bits per heavy atom. The van der Waals surface area contributed by atoms with Crippen molar-refractivity contribution in [1.29, 1.82) is 0 Å². The number of anilines is 1. The Morgan fingerprint density at radius 1 is 1.09 bits per heavy atom. The predicted octanol–water partition coefficient (Wildman–Crippen LogP) is 5.40. The van der Waals surface area contributed by atoms with Gasteiger partial charge in [0.05, 0.1) is 12.1 Å². The van der Waals surface area contributed by atoms with Gasteiger partial charge >= 0.3 is 0 Å². The van der Waals surface area contributed by atoms with Gasteiger partial charge in [-0.2, -0.15) is 0 Å². The molecule has 5 rings (SSSR count). The molecule has 1 aliphatic heterocycles. The second-order valence-electron chi connectivity index (χ2n) is 8.55. The summed E-state index contributed by atoms with van der Waals surface area (Å²) < 4.78 is 13.2. The standard InChI is InChI=1S/C27H22ClFN2O3/c28-19-9-12-23-21(14-19)18(16-30-23)4-3-13-31-24-6-2-1-5-22(24)27(34,26(31)33)15-25(32)17-7-10-20(29)11-8-17/h1-2,5-12,14,16,30,34H,3-4,13,15H2. The molecule has 5 nitrogen and oxygen atoms in total. The number of fused-ring (bicyclic) bond motifs is 2. The summed E-state index contributed by atoms with van der Waals surface area (Å²) >= 11 is 6.14. The molecule has 0 bridgehead atoms. The number of aromatic nitrogens is 1. The molecule has 0 saturated carbocycles. The molecule has 1 amide bonds. The molecule has 1 atom stereocenters. The molecule has 2 heterocycles. The van der Waals surface area contributed by atoms with Gasteiger partial charge in [0.15, 0.2) is 11.4 Å². The first-order chi connectivity index (χ1) is 16.4. The monoisotopic (exact) mass is 476 g/mol. The van der Waals surface area contributed by atoms with Crippen molar-refractivity contribution in [3.63, 3.8) is 0 Å². The van der Waals surface area contributed by atoms with E-state index in [9.17, 15) is 19.1 Å². The van der Waals surface area contributed by atoms with E-state index < -0.39 is 29.5 Å². The molecule has 3 aromatic carbocycles. The maximum Gasteiger partial charge on any atom is 0.264 e. The van der Waals surface area contributed by atoms with Crippen molar-refractivity contribution in [2.24, 2.45) is 0 Å². The summed E-state index contributed by atoms with van der Waals surface area (Å²) in [4.78, 5) is 31.0. The van der Waals surface area contributed by atoms with E-state index in [4.69, 9.17) is 11.6 Å². The van der Waals surface area contributed by atoms with E-state index in [0.29, 0.717) is 35.7 Å². The number of ketones is 1. The van der Waals surface area contributed by atoms with Crippen LogP contribution in [-0.2, 0) is 16.8 Å². The minimum atomic E-state index is -1.96. The SMILES string of the molecule is O=C(CC1(O)C(=O)N(CCCc2c[nH]c3ccc(Cl)cc23)c2ccccc21)c1ccc(F)cc1. The molecule has 1 aliphatic rings. The average molecular weight is 477 g/mol. The van der Waals surface area contributed by atoms with Crippen LogP contribution in [0.2, 0.25) is 5.02 Å². The highest BCUT2D eigenvalue weighted by molar-refractivity contribution is 6.31. The molecule has 172 valence electrons. The van der Waals surface area contributed by atoms with Gasteiger partial charge in [-0.25, -0.2) is 4.39 Å². The van der Waals surface area contributed by atoms with Crippen molar-refractivity contribution in [3.05, 3.63) is 100 Å². The molecule has 1 aromatic heterocycles. The van der Waals surface area contributed by atoms with Crippen LogP contribution in [0.15, 0.2) is 72.9 Å². The number of nitrogens with one attached hydrogen (secondary N) is 1. The molecule has 7 heteroatoms. The number of halogens is 2. The summed E-state index contributed by atoms with van der Waals surface area (Å²) in [6.07, 6.45) is 2.89. The minimum Gasteiger partial charge on any atom is -0.375 e. The Bertz CT molecular complexity index is 1400. The van der Waals surface area contributed by atoms with Crippen LogP contribution in [0.5, 0.6) is 0 Å². The molecule has 0 aliphatic carbocycles. The number of nitrogens with zero attached hydrogens (tertiary/aromatic N) is 1. The zero-order chi connectivity index (χ0) is 23.9. The van der Waals surface area contributed by atoms with Gasteiger partial charge in [0, 0.05) is 39.8 Å².